The molecule has 0 saturated carbocycles. The van der Waals surface area contributed by atoms with Crippen molar-refractivity contribution in [2.24, 2.45) is 0 Å². The van der Waals surface area contributed by atoms with Crippen LogP contribution < -0.4 is 15.5 Å². The van der Waals surface area contributed by atoms with Gasteiger partial charge in [-0.15, -0.1) is 11.3 Å². The minimum atomic E-state index is 0.0195. The van der Waals surface area contributed by atoms with Gasteiger partial charge < -0.3 is 15.5 Å². The molecule has 0 spiro atoms. The average Bonchev–Trinajstić information content (AvgIpc) is 3.21. The van der Waals surface area contributed by atoms with Crippen molar-refractivity contribution in [2.75, 3.05) is 29.9 Å². The van der Waals surface area contributed by atoms with Gasteiger partial charge in [-0.1, -0.05) is 0 Å². The summed E-state index contributed by atoms with van der Waals surface area (Å²) < 4.78 is 1.13. The molecular formula is C24H29N5OS. The number of thiophene rings is 1. The van der Waals surface area contributed by atoms with E-state index in [0.717, 1.165) is 57.0 Å². The summed E-state index contributed by atoms with van der Waals surface area (Å²) in [6, 6.07) is 10.5. The second-order valence-electron chi connectivity index (χ2n) is 9.58. The number of amides is 1. The van der Waals surface area contributed by atoms with E-state index in [4.69, 9.17) is 4.98 Å². The monoisotopic (exact) mass is 435 g/mol. The van der Waals surface area contributed by atoms with Crippen LogP contribution in [0.15, 0.2) is 24.3 Å². The van der Waals surface area contributed by atoms with E-state index in [1.54, 1.807) is 11.3 Å². The maximum Gasteiger partial charge on any atom is 0.263 e. The molecule has 6 nitrogen and oxygen atoms in total. The molecular weight excluding hydrogens is 406 g/mol. The number of anilines is 2. The molecule has 3 aliphatic rings. The minimum Gasteiger partial charge on any atom is -0.381 e. The molecule has 7 heteroatoms. The molecule has 5 heterocycles. The fourth-order valence-corrected chi connectivity index (χ4v) is 6.69. The van der Waals surface area contributed by atoms with Crippen molar-refractivity contribution in [3.63, 3.8) is 0 Å². The quantitative estimate of drug-likeness (QED) is 0.636. The Morgan fingerprint density at radius 3 is 2.65 bits per heavy atom. The molecule has 2 bridgehead atoms. The molecule has 6 rings (SSSR count). The lowest BCUT2D eigenvalue weighted by molar-refractivity contribution is 0.0949. The Kier molecular flexibility index (Phi) is 4.40. The predicted molar refractivity (Wildman–Crippen MR) is 129 cm³/mol. The van der Waals surface area contributed by atoms with E-state index in [-0.39, 0.29) is 11.9 Å². The van der Waals surface area contributed by atoms with Gasteiger partial charge in [0.15, 0.2) is 0 Å². The molecule has 2 saturated heterocycles. The number of pyridine rings is 1. The molecule has 31 heavy (non-hydrogen) atoms. The van der Waals surface area contributed by atoms with Crippen LogP contribution >= 0.6 is 11.3 Å². The van der Waals surface area contributed by atoms with Crippen molar-refractivity contribution in [3.8, 4) is 0 Å². The van der Waals surface area contributed by atoms with Crippen molar-refractivity contribution < 1.29 is 4.79 Å². The highest BCUT2D eigenvalue weighted by molar-refractivity contribution is 7.21. The number of rotatable bonds is 2. The van der Waals surface area contributed by atoms with Crippen LogP contribution in [-0.2, 0) is 0 Å². The van der Waals surface area contributed by atoms with E-state index in [1.165, 1.54) is 12.8 Å². The number of benzene rings is 1. The summed E-state index contributed by atoms with van der Waals surface area (Å²) in [5.41, 5.74) is 1.98. The van der Waals surface area contributed by atoms with Gasteiger partial charge in [-0.05, 0) is 57.9 Å². The van der Waals surface area contributed by atoms with Gasteiger partial charge in [0.05, 0.1) is 11.2 Å². The summed E-state index contributed by atoms with van der Waals surface area (Å²) in [5.74, 6) is 1.12. The summed E-state index contributed by atoms with van der Waals surface area (Å²) in [7, 11) is 0. The van der Waals surface area contributed by atoms with Crippen LogP contribution in [0.5, 0.6) is 0 Å². The number of likely N-dealkylation sites (tertiary alicyclic amines) is 1. The first kappa shape index (κ1) is 19.3. The number of aromatic nitrogens is 1. The zero-order valence-electron chi connectivity index (χ0n) is 18.3. The van der Waals surface area contributed by atoms with Gasteiger partial charge in [0.2, 0.25) is 0 Å². The normalized spacial score (nSPS) is 26.3. The number of carbonyl (C=O) groups excluding carboxylic acids is 1. The van der Waals surface area contributed by atoms with Gasteiger partial charge in [-0.2, -0.15) is 0 Å². The van der Waals surface area contributed by atoms with Crippen LogP contribution in [0.4, 0.5) is 11.5 Å². The van der Waals surface area contributed by atoms with E-state index in [9.17, 15) is 4.79 Å². The smallest absolute Gasteiger partial charge is 0.263 e. The summed E-state index contributed by atoms with van der Waals surface area (Å²) in [5, 5.41) is 8.85. The van der Waals surface area contributed by atoms with Crippen LogP contribution in [0.1, 0.15) is 43.3 Å². The molecule has 162 valence electrons. The van der Waals surface area contributed by atoms with Crippen molar-refractivity contribution in [3.05, 3.63) is 29.1 Å². The highest BCUT2D eigenvalue weighted by Crippen LogP contribution is 2.42. The Bertz CT molecular complexity index is 1170. The Morgan fingerprint density at radius 1 is 1.13 bits per heavy atom. The van der Waals surface area contributed by atoms with Gasteiger partial charge in [-0.3, -0.25) is 9.69 Å². The average molecular weight is 436 g/mol. The summed E-state index contributed by atoms with van der Waals surface area (Å²) in [6.07, 6.45) is 2.50. The van der Waals surface area contributed by atoms with Crippen LogP contribution in [0.2, 0.25) is 0 Å². The SMILES string of the molecule is CC(C)N1CC2CCC(C1)N2c1ccc2c(ccc3sc4c(c32)NC[C@@H](C)NC4=O)n1. The van der Waals surface area contributed by atoms with E-state index >= 15 is 0 Å². The first-order valence-corrected chi connectivity index (χ1v) is 12.2. The van der Waals surface area contributed by atoms with Crippen LogP contribution in [0, 0.1) is 0 Å². The van der Waals surface area contributed by atoms with Crippen molar-refractivity contribution >= 4 is 49.7 Å². The standard InChI is InChI=1S/C24H29N5OS/c1-13(2)28-11-15-4-5-16(12-28)29(15)20-9-6-17-18(27-20)7-8-19-21(17)22-23(31-19)24(30)26-14(3)10-25-22/h6-9,13-16,25H,4-5,10-12H2,1-3H3,(H,26,30)/t14-,15?,16?/m1/s1. The molecule has 2 fully saturated rings. The van der Waals surface area contributed by atoms with Gasteiger partial charge >= 0.3 is 0 Å². The van der Waals surface area contributed by atoms with Crippen LogP contribution in [0.3, 0.4) is 0 Å². The molecule has 3 atom stereocenters. The summed E-state index contributed by atoms with van der Waals surface area (Å²) in [6.45, 7) is 9.62. The van der Waals surface area contributed by atoms with Crippen molar-refractivity contribution in [2.45, 2.75) is 57.8 Å². The molecule has 1 aromatic carbocycles. The minimum absolute atomic E-state index is 0.0195. The third kappa shape index (κ3) is 3.01. The highest BCUT2D eigenvalue weighted by Gasteiger charge is 2.41. The molecule has 0 aliphatic carbocycles. The fraction of sp³-hybridized carbons (Fsp3) is 0.500. The van der Waals surface area contributed by atoms with Crippen LogP contribution in [-0.4, -0.2) is 59.6 Å². The topological polar surface area (TPSA) is 60.5 Å². The molecule has 2 unspecified atom stereocenters. The largest absolute Gasteiger partial charge is 0.381 e. The third-order valence-corrected chi connectivity index (χ3v) is 8.34. The maximum atomic E-state index is 12.7. The van der Waals surface area contributed by atoms with Crippen molar-refractivity contribution in [1.29, 1.82) is 0 Å². The molecule has 2 aromatic heterocycles. The third-order valence-electron chi connectivity index (χ3n) is 7.18. The lowest BCUT2D eigenvalue weighted by atomic mass is 10.1. The lowest BCUT2D eigenvalue weighted by Crippen LogP contribution is -2.55. The zero-order chi connectivity index (χ0) is 21.3. The first-order valence-electron chi connectivity index (χ1n) is 11.4. The predicted octanol–water partition coefficient (Wildman–Crippen LogP) is 4.05. The number of hydrogen-bond acceptors (Lipinski definition) is 6. The molecule has 0 radical (unpaired) electrons. The zero-order valence-corrected chi connectivity index (χ0v) is 19.1. The number of nitrogens with one attached hydrogen (secondary N) is 2. The summed E-state index contributed by atoms with van der Waals surface area (Å²) >= 11 is 1.57. The van der Waals surface area contributed by atoms with Gasteiger partial charge in [0.1, 0.15) is 10.7 Å². The van der Waals surface area contributed by atoms with Gasteiger partial charge in [0.25, 0.3) is 5.91 Å². The number of fused-ring (bicyclic) bond motifs is 7. The summed E-state index contributed by atoms with van der Waals surface area (Å²) in [4.78, 5) is 23.8. The number of carbonyl (C=O) groups is 1. The Hall–Kier alpha value is -2.38. The Labute approximate surface area is 186 Å². The Morgan fingerprint density at radius 2 is 1.90 bits per heavy atom. The maximum absolute atomic E-state index is 12.7. The van der Waals surface area contributed by atoms with Gasteiger partial charge in [-0.25, -0.2) is 4.98 Å². The number of hydrogen-bond donors (Lipinski definition) is 2. The molecule has 3 aliphatic heterocycles. The van der Waals surface area contributed by atoms with E-state index in [1.807, 2.05) is 6.92 Å². The van der Waals surface area contributed by atoms with E-state index in [2.05, 4.69) is 58.5 Å². The molecule has 3 aromatic rings. The number of nitrogens with zero attached hydrogens (tertiary/aromatic N) is 3. The molecule has 2 N–H and O–H groups in total. The Balaban J connectivity index is 1.42. The lowest BCUT2D eigenvalue weighted by Gasteiger charge is -2.43. The van der Waals surface area contributed by atoms with E-state index in [0.29, 0.717) is 18.1 Å². The molecule has 1 amide bonds. The fourth-order valence-electron chi connectivity index (χ4n) is 5.59. The first-order chi connectivity index (χ1) is 15.0. The van der Waals surface area contributed by atoms with Gasteiger partial charge in [0, 0.05) is 59.3 Å². The van der Waals surface area contributed by atoms with Crippen LogP contribution in [0.25, 0.3) is 21.0 Å². The highest BCUT2D eigenvalue weighted by atomic mass is 32.1. The number of piperazine rings is 1. The van der Waals surface area contributed by atoms with Crippen molar-refractivity contribution in [1.82, 2.24) is 15.2 Å². The second kappa shape index (κ2) is 7.07. The van der Waals surface area contributed by atoms with E-state index < -0.39 is 0 Å². The second-order valence-corrected chi connectivity index (χ2v) is 10.6.